The number of anilines is 2. The molecule has 1 amide bonds. The number of carbonyl (C=O) groups excluding carboxylic acids is 1. The molecule has 0 aliphatic carbocycles. The van der Waals surface area contributed by atoms with Crippen molar-refractivity contribution in [3.05, 3.63) is 54.1 Å². The molecule has 2 aromatic rings. The molecule has 7 heteroatoms. The van der Waals surface area contributed by atoms with E-state index in [0.717, 1.165) is 17.8 Å². The molecular weight excluding hydrogens is 321 g/mol. The second-order valence-electron chi connectivity index (χ2n) is 5.00. The lowest BCUT2D eigenvalue weighted by atomic mass is 10.2. The number of halogens is 3. The number of nitrogens with one attached hydrogen (secondary N) is 2. The highest BCUT2D eigenvalue weighted by Gasteiger charge is 2.29. The molecule has 24 heavy (non-hydrogen) atoms. The van der Waals surface area contributed by atoms with Gasteiger partial charge in [-0.05, 0) is 36.4 Å². The van der Waals surface area contributed by atoms with Crippen molar-refractivity contribution in [2.75, 3.05) is 24.3 Å². The molecule has 0 heterocycles. The van der Waals surface area contributed by atoms with Crippen LogP contribution in [0.4, 0.5) is 24.5 Å². The molecule has 128 valence electrons. The summed E-state index contributed by atoms with van der Waals surface area (Å²) >= 11 is 0. The standard InChI is InChI=1S/C17H17F3N2O2/c1-24-15-5-3-2-4-14(15)21-11-10-16(23)22-13-8-6-12(7-9-13)17(18,19)20/h2-9,21H,10-11H2,1H3,(H,22,23). The van der Waals surface area contributed by atoms with E-state index in [1.54, 1.807) is 13.2 Å². The van der Waals surface area contributed by atoms with Crippen LogP contribution in [-0.2, 0) is 11.0 Å². The molecule has 2 rings (SSSR count). The molecule has 2 aromatic carbocycles. The number of hydrogen-bond acceptors (Lipinski definition) is 3. The molecule has 4 nitrogen and oxygen atoms in total. The van der Waals surface area contributed by atoms with Gasteiger partial charge < -0.3 is 15.4 Å². The Hall–Kier alpha value is -2.70. The van der Waals surface area contributed by atoms with E-state index in [1.807, 2.05) is 18.2 Å². The smallest absolute Gasteiger partial charge is 0.416 e. The summed E-state index contributed by atoms with van der Waals surface area (Å²) in [6.07, 6.45) is -4.22. The van der Waals surface area contributed by atoms with Gasteiger partial charge in [-0.3, -0.25) is 4.79 Å². The summed E-state index contributed by atoms with van der Waals surface area (Å²) in [7, 11) is 1.55. The van der Waals surface area contributed by atoms with Crippen molar-refractivity contribution >= 4 is 17.3 Å². The van der Waals surface area contributed by atoms with Crippen LogP contribution in [0.3, 0.4) is 0 Å². The topological polar surface area (TPSA) is 50.4 Å². The average Bonchev–Trinajstić information content (AvgIpc) is 2.55. The number of hydrogen-bond donors (Lipinski definition) is 2. The van der Waals surface area contributed by atoms with Crippen LogP contribution in [0.15, 0.2) is 48.5 Å². The fraction of sp³-hybridized carbons (Fsp3) is 0.235. The van der Waals surface area contributed by atoms with Crippen molar-refractivity contribution in [3.8, 4) is 5.75 Å². The molecule has 0 unspecified atom stereocenters. The van der Waals surface area contributed by atoms with Crippen LogP contribution in [-0.4, -0.2) is 19.6 Å². The number of rotatable bonds is 6. The van der Waals surface area contributed by atoms with Gasteiger partial charge in [0, 0.05) is 18.7 Å². The summed E-state index contributed by atoms with van der Waals surface area (Å²) < 4.78 is 42.6. The molecule has 2 N–H and O–H groups in total. The minimum absolute atomic E-state index is 0.166. The van der Waals surface area contributed by atoms with E-state index < -0.39 is 11.7 Å². The van der Waals surface area contributed by atoms with Crippen LogP contribution in [0.25, 0.3) is 0 Å². The highest BCUT2D eigenvalue weighted by Crippen LogP contribution is 2.29. The lowest BCUT2D eigenvalue weighted by molar-refractivity contribution is -0.137. The maximum atomic E-state index is 12.5. The minimum Gasteiger partial charge on any atom is -0.495 e. The van der Waals surface area contributed by atoms with Gasteiger partial charge in [0.2, 0.25) is 5.91 Å². The van der Waals surface area contributed by atoms with Gasteiger partial charge in [-0.15, -0.1) is 0 Å². The number of ether oxygens (including phenoxy) is 1. The van der Waals surface area contributed by atoms with E-state index in [4.69, 9.17) is 4.74 Å². The minimum atomic E-state index is -4.39. The van der Waals surface area contributed by atoms with Crippen molar-refractivity contribution in [2.24, 2.45) is 0 Å². The van der Waals surface area contributed by atoms with Gasteiger partial charge in [-0.2, -0.15) is 13.2 Å². The maximum absolute atomic E-state index is 12.5. The SMILES string of the molecule is COc1ccccc1NCCC(=O)Nc1ccc(C(F)(F)F)cc1. The molecule has 0 bridgehead atoms. The first-order valence-corrected chi connectivity index (χ1v) is 7.24. The summed E-state index contributed by atoms with van der Waals surface area (Å²) in [5.41, 5.74) is 0.339. The molecule has 0 aliphatic heterocycles. The van der Waals surface area contributed by atoms with Crippen LogP contribution in [0, 0.1) is 0 Å². The first kappa shape index (κ1) is 17.7. The van der Waals surface area contributed by atoms with Crippen LogP contribution in [0.5, 0.6) is 5.75 Å². The molecular formula is C17H17F3N2O2. The Morgan fingerprint density at radius 3 is 2.38 bits per heavy atom. The second kappa shape index (κ2) is 7.72. The van der Waals surface area contributed by atoms with Crippen molar-refractivity contribution in [2.45, 2.75) is 12.6 Å². The third-order valence-corrected chi connectivity index (χ3v) is 3.27. The van der Waals surface area contributed by atoms with Crippen molar-refractivity contribution < 1.29 is 22.7 Å². The first-order valence-electron chi connectivity index (χ1n) is 7.24. The summed E-state index contributed by atoms with van der Waals surface area (Å²) in [5.74, 6) is 0.373. The zero-order valence-corrected chi connectivity index (χ0v) is 13.0. The van der Waals surface area contributed by atoms with Crippen LogP contribution in [0.2, 0.25) is 0 Å². The number of alkyl halides is 3. The fourth-order valence-electron chi connectivity index (χ4n) is 2.07. The Bertz CT molecular complexity index is 685. The van der Waals surface area contributed by atoms with Gasteiger partial charge in [0.15, 0.2) is 0 Å². The quantitative estimate of drug-likeness (QED) is 0.832. The van der Waals surface area contributed by atoms with Crippen molar-refractivity contribution in [1.82, 2.24) is 0 Å². The molecule has 0 spiro atoms. The van der Waals surface area contributed by atoms with E-state index in [-0.39, 0.29) is 12.3 Å². The third kappa shape index (κ3) is 4.91. The molecule has 0 radical (unpaired) electrons. The predicted molar refractivity (Wildman–Crippen MR) is 86.2 cm³/mol. The second-order valence-corrected chi connectivity index (χ2v) is 5.00. The zero-order valence-electron chi connectivity index (χ0n) is 13.0. The van der Waals surface area contributed by atoms with Crippen LogP contribution in [0.1, 0.15) is 12.0 Å². The number of carbonyl (C=O) groups is 1. The van der Waals surface area contributed by atoms with E-state index in [0.29, 0.717) is 18.0 Å². The number of benzene rings is 2. The lowest BCUT2D eigenvalue weighted by Crippen LogP contribution is -2.16. The van der Waals surface area contributed by atoms with Crippen LogP contribution < -0.4 is 15.4 Å². The molecule has 0 fully saturated rings. The third-order valence-electron chi connectivity index (χ3n) is 3.27. The summed E-state index contributed by atoms with van der Waals surface area (Å²) in [4.78, 5) is 11.8. The molecule has 0 saturated heterocycles. The van der Waals surface area contributed by atoms with Gasteiger partial charge in [-0.1, -0.05) is 12.1 Å². The normalized spacial score (nSPS) is 11.0. The van der Waals surface area contributed by atoms with Gasteiger partial charge >= 0.3 is 6.18 Å². The molecule has 0 saturated carbocycles. The molecule has 0 aliphatic rings. The van der Waals surface area contributed by atoms with Crippen molar-refractivity contribution in [1.29, 1.82) is 0 Å². The largest absolute Gasteiger partial charge is 0.495 e. The Balaban J connectivity index is 1.83. The maximum Gasteiger partial charge on any atom is 0.416 e. The monoisotopic (exact) mass is 338 g/mol. The van der Waals surface area contributed by atoms with Gasteiger partial charge in [-0.25, -0.2) is 0 Å². The molecule has 0 atom stereocenters. The summed E-state index contributed by atoms with van der Waals surface area (Å²) in [6, 6.07) is 11.6. The zero-order chi connectivity index (χ0) is 17.6. The van der Waals surface area contributed by atoms with E-state index in [2.05, 4.69) is 10.6 Å². The van der Waals surface area contributed by atoms with Crippen molar-refractivity contribution in [3.63, 3.8) is 0 Å². The predicted octanol–water partition coefficient (Wildman–Crippen LogP) is 4.15. The van der Waals surface area contributed by atoms with E-state index >= 15 is 0 Å². The van der Waals surface area contributed by atoms with Crippen LogP contribution >= 0.6 is 0 Å². The average molecular weight is 338 g/mol. The number of para-hydroxylation sites is 2. The Kier molecular flexibility index (Phi) is 5.68. The lowest BCUT2D eigenvalue weighted by Gasteiger charge is -2.11. The highest BCUT2D eigenvalue weighted by molar-refractivity contribution is 5.91. The Labute approximate surface area is 137 Å². The van der Waals surface area contributed by atoms with E-state index in [1.165, 1.54) is 12.1 Å². The first-order chi connectivity index (χ1) is 11.4. The Morgan fingerprint density at radius 1 is 1.08 bits per heavy atom. The summed E-state index contributed by atoms with van der Waals surface area (Å²) in [5, 5.41) is 5.63. The number of methoxy groups -OCH3 is 1. The molecule has 0 aromatic heterocycles. The highest BCUT2D eigenvalue weighted by atomic mass is 19.4. The van der Waals surface area contributed by atoms with Gasteiger partial charge in [0.05, 0.1) is 18.4 Å². The van der Waals surface area contributed by atoms with Gasteiger partial charge in [0.1, 0.15) is 5.75 Å². The van der Waals surface area contributed by atoms with Gasteiger partial charge in [0.25, 0.3) is 0 Å². The Morgan fingerprint density at radius 2 is 1.75 bits per heavy atom. The summed E-state index contributed by atoms with van der Waals surface area (Å²) in [6.45, 7) is 0.368. The van der Waals surface area contributed by atoms with E-state index in [9.17, 15) is 18.0 Å². The number of amides is 1. The fourth-order valence-corrected chi connectivity index (χ4v) is 2.07.